The van der Waals surface area contributed by atoms with Gasteiger partial charge < -0.3 is 49.3 Å². The normalized spacial score (nSPS) is 25.2. The maximum absolute atomic E-state index is 12.7. The minimum absolute atomic E-state index is 0.0172. The molecule has 6 N–H and O–H groups in total. The molecule has 0 amide bonds. The number of rotatable bonds is 5. The van der Waals surface area contributed by atoms with Gasteiger partial charge in [-0.3, -0.25) is 4.79 Å². The molecule has 0 spiro atoms. The number of aliphatic hydroxyl groups is 4. The molecule has 4 rings (SSSR count). The Balaban J connectivity index is 1.79. The molecule has 11 nitrogen and oxygen atoms in total. The number of ether oxygens (including phenoxy) is 3. The lowest BCUT2D eigenvalue weighted by atomic mass is 9.99. The first-order valence-corrected chi connectivity index (χ1v) is 9.89. The summed E-state index contributed by atoms with van der Waals surface area (Å²) >= 11 is 0. The SMILES string of the molecule is COc1cc(O)c2c(=O)cc(-c3c(O)cccc3O[C@@H]3OC(CO)[C@@H](O)[C@H](O)C3O)oc2c1. The second-order valence-electron chi connectivity index (χ2n) is 7.46. The zero-order valence-corrected chi connectivity index (χ0v) is 17.3. The molecule has 2 aromatic carbocycles. The number of fused-ring (bicyclic) bond motifs is 1. The third kappa shape index (κ3) is 4.08. The number of benzene rings is 2. The quantitative estimate of drug-likeness (QED) is 0.302. The van der Waals surface area contributed by atoms with Gasteiger partial charge in [-0.25, -0.2) is 0 Å². The largest absolute Gasteiger partial charge is 0.507 e. The molecule has 1 aliphatic rings. The van der Waals surface area contributed by atoms with Crippen LogP contribution in [0, 0.1) is 0 Å². The fourth-order valence-corrected chi connectivity index (χ4v) is 3.64. The van der Waals surface area contributed by atoms with Crippen LogP contribution < -0.4 is 14.9 Å². The fraction of sp³-hybridized carbons (Fsp3) is 0.318. The lowest BCUT2D eigenvalue weighted by molar-refractivity contribution is -0.277. The van der Waals surface area contributed by atoms with E-state index in [1.54, 1.807) is 0 Å². The molecule has 0 radical (unpaired) electrons. The van der Waals surface area contributed by atoms with Gasteiger partial charge in [-0.1, -0.05) is 6.07 Å². The standard InChI is InChI=1S/C22H22O11/c1-30-9-5-11(25)17-12(26)7-15(31-14(17)6-9)18-10(24)3-2-4-13(18)32-22-21(29)20(28)19(27)16(8-23)33-22/h2-7,16,19-25,27-29H,8H2,1H3/t16?,19-,20+,21?,22-/m1/s1. The third-order valence-electron chi connectivity index (χ3n) is 5.36. The summed E-state index contributed by atoms with van der Waals surface area (Å²) in [7, 11) is 1.37. The van der Waals surface area contributed by atoms with E-state index in [9.17, 15) is 35.4 Å². The lowest BCUT2D eigenvalue weighted by Gasteiger charge is -2.39. The van der Waals surface area contributed by atoms with Crippen LogP contribution >= 0.6 is 0 Å². The molecule has 0 aliphatic carbocycles. The maximum Gasteiger partial charge on any atom is 0.229 e. The van der Waals surface area contributed by atoms with Gasteiger partial charge in [-0.2, -0.15) is 0 Å². The van der Waals surface area contributed by atoms with Crippen LogP contribution in [0.5, 0.6) is 23.0 Å². The van der Waals surface area contributed by atoms with Crippen LogP contribution in [-0.4, -0.2) is 75.1 Å². The Bertz CT molecular complexity index is 1220. The van der Waals surface area contributed by atoms with E-state index >= 15 is 0 Å². The lowest BCUT2D eigenvalue weighted by Crippen LogP contribution is -2.60. The molecule has 11 heteroatoms. The third-order valence-corrected chi connectivity index (χ3v) is 5.36. The second kappa shape index (κ2) is 8.89. The summed E-state index contributed by atoms with van der Waals surface area (Å²) in [6.45, 7) is -0.650. The predicted octanol–water partition coefficient (Wildman–Crippen LogP) is 0.0585. The van der Waals surface area contributed by atoms with E-state index in [-0.39, 0.29) is 45.3 Å². The summed E-state index contributed by atoms with van der Waals surface area (Å²) in [4.78, 5) is 12.7. The second-order valence-corrected chi connectivity index (χ2v) is 7.46. The van der Waals surface area contributed by atoms with Gasteiger partial charge in [0, 0.05) is 18.2 Å². The first kappa shape index (κ1) is 22.8. The van der Waals surface area contributed by atoms with Gasteiger partial charge in [-0.15, -0.1) is 0 Å². The summed E-state index contributed by atoms with van der Waals surface area (Å²) in [6, 6.07) is 7.81. The Morgan fingerprint density at radius 2 is 1.76 bits per heavy atom. The van der Waals surface area contributed by atoms with Crippen molar-refractivity contribution in [3.8, 4) is 34.3 Å². The van der Waals surface area contributed by atoms with E-state index in [4.69, 9.17) is 18.6 Å². The number of phenolic OH excluding ortho intramolecular Hbond substituents is 2. The van der Waals surface area contributed by atoms with Crippen LogP contribution in [0.3, 0.4) is 0 Å². The van der Waals surface area contributed by atoms with E-state index < -0.39 is 42.7 Å². The molecule has 0 bridgehead atoms. The average Bonchev–Trinajstić information content (AvgIpc) is 2.78. The van der Waals surface area contributed by atoms with Gasteiger partial charge >= 0.3 is 0 Å². The summed E-state index contributed by atoms with van der Waals surface area (Å²) in [6.07, 6.45) is -7.67. The van der Waals surface area contributed by atoms with Crippen LogP contribution in [0.4, 0.5) is 0 Å². The van der Waals surface area contributed by atoms with Crippen LogP contribution in [0.25, 0.3) is 22.3 Å². The van der Waals surface area contributed by atoms with Crippen molar-refractivity contribution in [1.82, 2.24) is 0 Å². The number of hydrogen-bond acceptors (Lipinski definition) is 11. The zero-order valence-electron chi connectivity index (χ0n) is 17.3. The Labute approximate surface area is 186 Å². The van der Waals surface area contributed by atoms with Gasteiger partial charge in [0.05, 0.1) is 13.7 Å². The minimum atomic E-state index is -1.69. The van der Waals surface area contributed by atoms with Crippen molar-refractivity contribution in [2.75, 3.05) is 13.7 Å². The van der Waals surface area contributed by atoms with Crippen molar-refractivity contribution < 1.29 is 49.3 Å². The predicted molar refractivity (Wildman–Crippen MR) is 112 cm³/mol. The smallest absolute Gasteiger partial charge is 0.229 e. The van der Waals surface area contributed by atoms with E-state index in [1.165, 1.54) is 37.4 Å². The molecule has 3 aromatic rings. The van der Waals surface area contributed by atoms with Gasteiger partial charge in [0.15, 0.2) is 5.43 Å². The highest BCUT2D eigenvalue weighted by Gasteiger charge is 2.45. The van der Waals surface area contributed by atoms with Gasteiger partial charge in [0.2, 0.25) is 6.29 Å². The van der Waals surface area contributed by atoms with Gasteiger partial charge in [0.25, 0.3) is 0 Å². The molecular weight excluding hydrogens is 440 g/mol. The molecule has 1 fully saturated rings. The van der Waals surface area contributed by atoms with E-state index in [0.29, 0.717) is 0 Å². The van der Waals surface area contributed by atoms with Crippen molar-refractivity contribution in [2.45, 2.75) is 30.7 Å². The first-order chi connectivity index (χ1) is 15.7. The number of phenols is 2. The number of hydrogen-bond donors (Lipinski definition) is 6. The van der Waals surface area contributed by atoms with Crippen LogP contribution in [0.1, 0.15) is 0 Å². The molecule has 33 heavy (non-hydrogen) atoms. The zero-order chi connectivity index (χ0) is 23.9. The molecule has 0 saturated carbocycles. The molecule has 1 aliphatic heterocycles. The molecule has 2 unspecified atom stereocenters. The molecule has 2 heterocycles. The summed E-state index contributed by atoms with van der Waals surface area (Å²) in [5, 5.41) is 60.1. The monoisotopic (exact) mass is 462 g/mol. The minimum Gasteiger partial charge on any atom is -0.507 e. The maximum atomic E-state index is 12.7. The Morgan fingerprint density at radius 1 is 1.00 bits per heavy atom. The fourth-order valence-electron chi connectivity index (χ4n) is 3.64. The number of aliphatic hydroxyl groups excluding tert-OH is 4. The van der Waals surface area contributed by atoms with Crippen molar-refractivity contribution >= 4 is 11.0 Å². The van der Waals surface area contributed by atoms with Crippen LogP contribution in [0.15, 0.2) is 45.6 Å². The molecule has 5 atom stereocenters. The number of methoxy groups -OCH3 is 1. The van der Waals surface area contributed by atoms with Crippen molar-refractivity contribution in [3.63, 3.8) is 0 Å². The van der Waals surface area contributed by atoms with Gasteiger partial charge in [-0.05, 0) is 12.1 Å². The summed E-state index contributed by atoms with van der Waals surface area (Å²) in [5.41, 5.74) is -0.694. The highest BCUT2D eigenvalue weighted by Crippen LogP contribution is 2.40. The van der Waals surface area contributed by atoms with Gasteiger partial charge in [0.1, 0.15) is 69.7 Å². The van der Waals surface area contributed by atoms with E-state index in [2.05, 4.69) is 0 Å². The Morgan fingerprint density at radius 3 is 2.45 bits per heavy atom. The van der Waals surface area contributed by atoms with Crippen molar-refractivity contribution in [3.05, 3.63) is 46.6 Å². The highest BCUT2D eigenvalue weighted by molar-refractivity contribution is 5.87. The molecule has 1 saturated heterocycles. The first-order valence-electron chi connectivity index (χ1n) is 9.89. The average molecular weight is 462 g/mol. The Kier molecular flexibility index (Phi) is 6.15. The van der Waals surface area contributed by atoms with Crippen molar-refractivity contribution in [1.29, 1.82) is 0 Å². The number of aromatic hydroxyl groups is 2. The molecule has 176 valence electrons. The van der Waals surface area contributed by atoms with Crippen LogP contribution in [-0.2, 0) is 4.74 Å². The van der Waals surface area contributed by atoms with Crippen molar-refractivity contribution in [2.24, 2.45) is 0 Å². The topological polar surface area (TPSA) is 179 Å². The Hall–Kier alpha value is -3.35. The molecular formula is C22H22O11. The van der Waals surface area contributed by atoms with E-state index in [0.717, 1.165) is 6.07 Å². The summed E-state index contributed by atoms with van der Waals surface area (Å²) < 4.78 is 21.8. The summed E-state index contributed by atoms with van der Waals surface area (Å²) in [5.74, 6) is -0.673. The van der Waals surface area contributed by atoms with E-state index in [1.807, 2.05) is 0 Å². The van der Waals surface area contributed by atoms with Crippen LogP contribution in [0.2, 0.25) is 0 Å². The molecule has 1 aromatic heterocycles. The highest BCUT2D eigenvalue weighted by atomic mass is 16.7.